The van der Waals surface area contributed by atoms with Gasteiger partial charge in [-0.2, -0.15) is 0 Å². The van der Waals surface area contributed by atoms with Crippen molar-refractivity contribution in [3.63, 3.8) is 0 Å². The molecule has 2 heterocycles. The molecule has 180 valence electrons. The van der Waals surface area contributed by atoms with Crippen molar-refractivity contribution in [1.82, 2.24) is 9.47 Å². The van der Waals surface area contributed by atoms with Gasteiger partial charge in [-0.3, -0.25) is 9.69 Å². The highest BCUT2D eigenvalue weighted by atomic mass is 16.5. The van der Waals surface area contributed by atoms with Gasteiger partial charge in [-0.1, -0.05) is 42.0 Å². The van der Waals surface area contributed by atoms with E-state index in [4.69, 9.17) is 4.74 Å². The number of hydrogen-bond donors (Lipinski definition) is 1. The zero-order chi connectivity index (χ0) is 24.5. The van der Waals surface area contributed by atoms with Crippen LogP contribution in [0.25, 0.3) is 16.6 Å². The van der Waals surface area contributed by atoms with Crippen LogP contribution in [-0.4, -0.2) is 46.2 Å². The van der Waals surface area contributed by atoms with Gasteiger partial charge < -0.3 is 14.4 Å². The number of aliphatic hydroxyl groups is 1. The molecular formula is C30H32N2O3. The lowest BCUT2D eigenvalue weighted by atomic mass is 10.00. The first-order valence-electron chi connectivity index (χ1n) is 12.2. The second kappa shape index (κ2) is 9.68. The molecule has 0 radical (unpaired) electrons. The van der Waals surface area contributed by atoms with Crippen molar-refractivity contribution < 1.29 is 14.6 Å². The summed E-state index contributed by atoms with van der Waals surface area (Å²) in [6.07, 6.45) is 0.410. The zero-order valence-electron chi connectivity index (χ0n) is 20.6. The second-order valence-electron chi connectivity index (χ2n) is 9.59. The lowest BCUT2D eigenvalue weighted by Crippen LogP contribution is -2.38. The first-order valence-corrected chi connectivity index (χ1v) is 12.2. The number of benzene rings is 3. The van der Waals surface area contributed by atoms with Gasteiger partial charge in [-0.15, -0.1) is 0 Å². The largest absolute Gasteiger partial charge is 0.491 e. The van der Waals surface area contributed by atoms with Gasteiger partial charge in [0.1, 0.15) is 18.5 Å². The molecule has 35 heavy (non-hydrogen) atoms. The summed E-state index contributed by atoms with van der Waals surface area (Å²) in [5.41, 5.74) is 7.55. The molecule has 5 nitrogen and oxygen atoms in total. The molecule has 4 aromatic rings. The maximum atomic E-state index is 12.6. The molecule has 1 aliphatic rings. The van der Waals surface area contributed by atoms with Crippen LogP contribution in [0, 0.1) is 13.8 Å². The molecule has 1 aliphatic heterocycles. The van der Waals surface area contributed by atoms with E-state index in [1.165, 1.54) is 16.7 Å². The number of ether oxygens (including phenoxy) is 1. The van der Waals surface area contributed by atoms with E-state index in [-0.39, 0.29) is 12.4 Å². The summed E-state index contributed by atoms with van der Waals surface area (Å²) in [5.74, 6) is 0.685. The Morgan fingerprint density at radius 3 is 2.51 bits per heavy atom. The smallest absolute Gasteiger partial charge is 0.162 e. The van der Waals surface area contributed by atoms with E-state index in [2.05, 4.69) is 64.9 Å². The molecule has 0 amide bonds. The van der Waals surface area contributed by atoms with Gasteiger partial charge in [0.25, 0.3) is 0 Å². The van der Waals surface area contributed by atoms with Gasteiger partial charge in [0, 0.05) is 42.0 Å². The normalized spacial score (nSPS) is 14.6. The number of Topliss-reactive ketones (excluding diaryl/α,β-unsaturated/α-hetero) is 1. The summed E-state index contributed by atoms with van der Waals surface area (Å²) in [7, 11) is 0. The summed E-state index contributed by atoms with van der Waals surface area (Å²) < 4.78 is 8.12. The zero-order valence-corrected chi connectivity index (χ0v) is 20.6. The first kappa shape index (κ1) is 23.3. The number of aryl methyl sites for hydroxylation is 1. The number of hydrogen-bond acceptors (Lipinski definition) is 4. The number of nitrogens with zero attached hydrogens (tertiary/aromatic N) is 2. The lowest BCUT2D eigenvalue weighted by molar-refractivity contribution is 0.0638. The monoisotopic (exact) mass is 468 g/mol. The Morgan fingerprint density at radius 2 is 1.77 bits per heavy atom. The molecule has 0 saturated carbocycles. The maximum Gasteiger partial charge on any atom is 0.162 e. The van der Waals surface area contributed by atoms with Crippen LogP contribution in [0.1, 0.15) is 39.7 Å². The Bertz CT molecular complexity index is 1370. The number of β-amino-alcohol motifs (C(OH)–C–C–N with tert-alkyl or cyclic N) is 1. The number of ketones is 1. The molecule has 0 aliphatic carbocycles. The standard InChI is InChI=1S/C30H32N2O3/c1-20-8-10-25(11-9-20)32-21(2)30(22(3)33)28-16-27(12-13-29(28)32)35-19-26(34)18-31-15-14-23-6-4-5-7-24(23)17-31/h4-13,16,26,34H,14-15,17-19H2,1-3H3. The summed E-state index contributed by atoms with van der Waals surface area (Å²) in [5, 5.41) is 11.5. The van der Waals surface area contributed by atoms with E-state index < -0.39 is 6.10 Å². The number of rotatable bonds is 7. The highest BCUT2D eigenvalue weighted by Crippen LogP contribution is 2.32. The van der Waals surface area contributed by atoms with Gasteiger partial charge >= 0.3 is 0 Å². The molecule has 1 aromatic heterocycles. The minimum Gasteiger partial charge on any atom is -0.491 e. The Kier molecular flexibility index (Phi) is 6.46. The third kappa shape index (κ3) is 4.75. The molecule has 0 spiro atoms. The summed E-state index contributed by atoms with van der Waals surface area (Å²) >= 11 is 0. The molecule has 0 fully saturated rings. The average Bonchev–Trinajstić information content (AvgIpc) is 3.14. The topological polar surface area (TPSA) is 54.7 Å². The van der Waals surface area contributed by atoms with Gasteiger partial charge in [0.05, 0.1) is 5.52 Å². The quantitative estimate of drug-likeness (QED) is 0.377. The Morgan fingerprint density at radius 1 is 1.03 bits per heavy atom. The molecule has 5 rings (SSSR count). The van der Waals surface area contributed by atoms with Crippen LogP contribution in [0.2, 0.25) is 0 Å². The molecular weight excluding hydrogens is 436 g/mol. The van der Waals surface area contributed by atoms with Crippen LogP contribution in [-0.2, 0) is 13.0 Å². The molecule has 5 heteroatoms. The summed E-state index contributed by atoms with van der Waals surface area (Å²) in [6, 6.07) is 22.6. The van der Waals surface area contributed by atoms with Crippen LogP contribution >= 0.6 is 0 Å². The molecule has 0 saturated heterocycles. The summed E-state index contributed by atoms with van der Waals surface area (Å²) in [4.78, 5) is 14.8. The number of carbonyl (C=O) groups is 1. The number of fused-ring (bicyclic) bond motifs is 2. The Labute approximate surface area is 206 Å². The third-order valence-corrected chi connectivity index (χ3v) is 6.94. The van der Waals surface area contributed by atoms with E-state index in [1.807, 2.05) is 25.1 Å². The van der Waals surface area contributed by atoms with Crippen LogP contribution in [0.3, 0.4) is 0 Å². The first-order chi connectivity index (χ1) is 16.9. The van der Waals surface area contributed by atoms with Gasteiger partial charge in [0.2, 0.25) is 0 Å². The van der Waals surface area contributed by atoms with E-state index in [0.717, 1.165) is 41.8 Å². The van der Waals surface area contributed by atoms with E-state index in [0.29, 0.717) is 17.9 Å². The number of aliphatic hydroxyl groups excluding tert-OH is 1. The van der Waals surface area contributed by atoms with Crippen molar-refractivity contribution in [2.75, 3.05) is 19.7 Å². The van der Waals surface area contributed by atoms with Crippen LogP contribution in [0.5, 0.6) is 5.75 Å². The Balaban J connectivity index is 1.33. The van der Waals surface area contributed by atoms with Gasteiger partial charge in [0.15, 0.2) is 5.78 Å². The predicted octanol–water partition coefficient (Wildman–Crippen LogP) is 5.25. The maximum absolute atomic E-state index is 12.6. The Hall–Kier alpha value is -3.41. The second-order valence-corrected chi connectivity index (χ2v) is 9.59. The van der Waals surface area contributed by atoms with Crippen molar-refractivity contribution in [1.29, 1.82) is 0 Å². The lowest BCUT2D eigenvalue weighted by Gasteiger charge is -2.30. The minimum atomic E-state index is -0.595. The summed E-state index contributed by atoms with van der Waals surface area (Å²) in [6.45, 7) is 8.22. The highest BCUT2D eigenvalue weighted by molar-refractivity contribution is 6.09. The predicted molar refractivity (Wildman–Crippen MR) is 140 cm³/mol. The van der Waals surface area contributed by atoms with Crippen molar-refractivity contribution in [2.24, 2.45) is 0 Å². The third-order valence-electron chi connectivity index (χ3n) is 6.94. The van der Waals surface area contributed by atoms with Crippen LogP contribution in [0.4, 0.5) is 0 Å². The van der Waals surface area contributed by atoms with Gasteiger partial charge in [-0.05, 0) is 68.7 Å². The highest BCUT2D eigenvalue weighted by Gasteiger charge is 2.21. The van der Waals surface area contributed by atoms with Crippen molar-refractivity contribution in [2.45, 2.75) is 39.8 Å². The minimum absolute atomic E-state index is 0.0286. The van der Waals surface area contributed by atoms with Gasteiger partial charge in [-0.25, -0.2) is 0 Å². The SMILES string of the molecule is CC(=O)c1c(C)n(-c2ccc(C)cc2)c2ccc(OCC(O)CN3CCc4ccccc4C3)cc12. The van der Waals surface area contributed by atoms with E-state index >= 15 is 0 Å². The van der Waals surface area contributed by atoms with Crippen LogP contribution < -0.4 is 4.74 Å². The van der Waals surface area contributed by atoms with E-state index in [9.17, 15) is 9.90 Å². The fourth-order valence-corrected chi connectivity index (χ4v) is 5.21. The van der Waals surface area contributed by atoms with E-state index in [1.54, 1.807) is 6.92 Å². The molecule has 1 unspecified atom stereocenters. The number of aromatic nitrogens is 1. The molecule has 1 atom stereocenters. The molecule has 1 N–H and O–H groups in total. The van der Waals surface area contributed by atoms with Crippen molar-refractivity contribution in [3.05, 3.63) is 94.7 Å². The molecule has 0 bridgehead atoms. The van der Waals surface area contributed by atoms with Crippen LogP contribution in [0.15, 0.2) is 66.7 Å². The fraction of sp³-hybridized carbons (Fsp3) is 0.300. The van der Waals surface area contributed by atoms with Crippen molar-refractivity contribution in [3.8, 4) is 11.4 Å². The number of carbonyl (C=O) groups excluding carboxylic acids is 1. The van der Waals surface area contributed by atoms with Crippen molar-refractivity contribution >= 4 is 16.7 Å². The molecule has 3 aromatic carbocycles. The fourth-order valence-electron chi connectivity index (χ4n) is 5.21. The average molecular weight is 469 g/mol.